The van der Waals surface area contributed by atoms with Crippen molar-refractivity contribution in [1.29, 1.82) is 5.41 Å². The summed E-state index contributed by atoms with van der Waals surface area (Å²) in [6, 6.07) is 17.2. The number of nitrogens with one attached hydrogen (secondary N) is 3. The molecule has 0 bridgehead atoms. The number of esters is 1. The molecular weight excluding hydrogens is 530 g/mol. The minimum atomic E-state index is -4.18. The molecule has 0 saturated carbocycles. The van der Waals surface area contributed by atoms with Crippen molar-refractivity contribution in [1.82, 2.24) is 10.7 Å². The second-order valence-electron chi connectivity index (χ2n) is 9.39. The molecule has 0 spiro atoms. The van der Waals surface area contributed by atoms with E-state index in [4.69, 9.17) is 15.9 Å². The maximum absolute atomic E-state index is 13.4. The number of amides is 1. The van der Waals surface area contributed by atoms with Crippen LogP contribution in [0, 0.1) is 26.2 Å². The van der Waals surface area contributed by atoms with E-state index in [2.05, 4.69) is 10.7 Å². The van der Waals surface area contributed by atoms with Gasteiger partial charge in [0.15, 0.2) is 0 Å². The summed E-state index contributed by atoms with van der Waals surface area (Å²) >= 11 is 0. The first kappa shape index (κ1) is 30.2. The monoisotopic (exact) mass is 565 g/mol. The number of carbonyl (C=O) groups excluding carboxylic acids is 2. The van der Waals surface area contributed by atoms with E-state index in [9.17, 15) is 18.0 Å². The van der Waals surface area contributed by atoms with Crippen molar-refractivity contribution < 1.29 is 22.7 Å². The van der Waals surface area contributed by atoms with Crippen LogP contribution < -0.4 is 20.9 Å². The molecule has 0 aromatic heterocycles. The van der Waals surface area contributed by atoms with Crippen molar-refractivity contribution in [2.24, 2.45) is 5.73 Å². The van der Waals surface area contributed by atoms with Crippen LogP contribution in [0.3, 0.4) is 0 Å². The highest BCUT2D eigenvalue weighted by molar-refractivity contribution is 7.92. The van der Waals surface area contributed by atoms with Gasteiger partial charge in [0.05, 0.1) is 36.1 Å². The standard InChI is InChI=1S/C29H35N5O5S/c1-5-39-28(36)18-26(32-27(35)17-25-20(3)14-19(2)15-21(25)4)22-10-9-11-23(16-22)34(33-29(30)31)40(37,38)24-12-7-6-8-13-24/h6-16,26H,5,17-18H2,1-4H3,(H,32,35)(H4,30,31,33). The van der Waals surface area contributed by atoms with Gasteiger partial charge in [-0.05, 0) is 74.2 Å². The molecule has 11 heteroatoms. The summed E-state index contributed by atoms with van der Waals surface area (Å²) in [6.45, 7) is 7.76. The number of ether oxygens (including phenoxy) is 1. The molecule has 10 nitrogen and oxygen atoms in total. The first-order valence-corrected chi connectivity index (χ1v) is 14.2. The number of carbonyl (C=O) groups is 2. The van der Waals surface area contributed by atoms with E-state index in [-0.39, 0.29) is 35.9 Å². The van der Waals surface area contributed by atoms with Crippen molar-refractivity contribution in [2.75, 3.05) is 11.0 Å². The molecular formula is C29H35N5O5S. The van der Waals surface area contributed by atoms with Crippen molar-refractivity contribution in [3.63, 3.8) is 0 Å². The Morgan fingerprint density at radius 2 is 1.65 bits per heavy atom. The maximum atomic E-state index is 13.4. The van der Waals surface area contributed by atoms with Gasteiger partial charge < -0.3 is 15.8 Å². The first-order chi connectivity index (χ1) is 18.9. The van der Waals surface area contributed by atoms with Gasteiger partial charge in [0.25, 0.3) is 10.0 Å². The third kappa shape index (κ3) is 7.60. The molecule has 0 fully saturated rings. The van der Waals surface area contributed by atoms with Crippen LogP contribution >= 0.6 is 0 Å². The van der Waals surface area contributed by atoms with Crippen LogP contribution in [0.15, 0.2) is 71.6 Å². The maximum Gasteiger partial charge on any atom is 0.308 e. The Morgan fingerprint density at radius 3 is 2.25 bits per heavy atom. The number of aryl methyl sites for hydroxylation is 3. The normalized spacial score (nSPS) is 11.8. The van der Waals surface area contributed by atoms with Crippen LogP contribution in [0.2, 0.25) is 0 Å². The fourth-order valence-corrected chi connectivity index (χ4v) is 5.79. The second kappa shape index (κ2) is 13.1. The fraction of sp³-hybridized carbons (Fsp3) is 0.276. The predicted molar refractivity (Wildman–Crippen MR) is 154 cm³/mol. The van der Waals surface area contributed by atoms with Gasteiger partial charge in [0.2, 0.25) is 11.9 Å². The van der Waals surface area contributed by atoms with Crippen LogP contribution in [-0.4, -0.2) is 32.9 Å². The Labute approximate surface area is 235 Å². The minimum Gasteiger partial charge on any atom is -0.466 e. The van der Waals surface area contributed by atoms with E-state index < -0.39 is 28.0 Å². The van der Waals surface area contributed by atoms with Crippen LogP contribution in [0.5, 0.6) is 0 Å². The lowest BCUT2D eigenvalue weighted by Gasteiger charge is -2.26. The number of anilines is 1. The summed E-state index contributed by atoms with van der Waals surface area (Å²) in [5, 5.41) is 10.6. The number of nitrogens with zero attached hydrogens (tertiary/aromatic N) is 1. The van der Waals surface area contributed by atoms with Crippen molar-refractivity contribution in [3.05, 3.63) is 94.5 Å². The third-order valence-electron chi connectivity index (χ3n) is 6.20. The van der Waals surface area contributed by atoms with Crippen LogP contribution in [0.4, 0.5) is 5.69 Å². The van der Waals surface area contributed by atoms with E-state index in [1.165, 1.54) is 24.3 Å². The molecule has 40 heavy (non-hydrogen) atoms. The number of rotatable bonds is 11. The average molecular weight is 566 g/mol. The van der Waals surface area contributed by atoms with Gasteiger partial charge in [0.1, 0.15) is 0 Å². The van der Waals surface area contributed by atoms with Crippen LogP contribution in [0.1, 0.15) is 47.2 Å². The average Bonchev–Trinajstić information content (AvgIpc) is 2.89. The molecule has 0 aliphatic heterocycles. The number of hydrogen-bond acceptors (Lipinski definition) is 6. The van der Waals surface area contributed by atoms with Gasteiger partial charge in [0, 0.05) is 0 Å². The fourth-order valence-electron chi connectivity index (χ4n) is 4.47. The van der Waals surface area contributed by atoms with Crippen molar-refractivity contribution in [2.45, 2.75) is 51.5 Å². The molecule has 1 unspecified atom stereocenters. The first-order valence-electron chi connectivity index (χ1n) is 12.7. The minimum absolute atomic E-state index is 0.0191. The number of hydrazine groups is 1. The van der Waals surface area contributed by atoms with E-state index in [1.54, 1.807) is 37.3 Å². The van der Waals surface area contributed by atoms with E-state index in [0.29, 0.717) is 5.56 Å². The molecule has 3 aromatic carbocycles. The number of hydrogen-bond donors (Lipinski definition) is 4. The van der Waals surface area contributed by atoms with Gasteiger partial charge in [-0.3, -0.25) is 20.4 Å². The highest BCUT2D eigenvalue weighted by Gasteiger charge is 2.27. The summed E-state index contributed by atoms with van der Waals surface area (Å²) < 4.78 is 32.8. The highest BCUT2D eigenvalue weighted by atomic mass is 32.2. The number of nitrogens with two attached hydrogens (primary N) is 1. The van der Waals surface area contributed by atoms with Gasteiger partial charge in [-0.1, -0.05) is 48.0 Å². The number of benzene rings is 3. The molecule has 3 rings (SSSR count). The lowest BCUT2D eigenvalue weighted by molar-refractivity contribution is -0.143. The van der Waals surface area contributed by atoms with Crippen molar-refractivity contribution in [3.8, 4) is 0 Å². The molecule has 0 saturated heterocycles. The van der Waals surface area contributed by atoms with E-state index in [0.717, 1.165) is 26.7 Å². The van der Waals surface area contributed by atoms with Crippen molar-refractivity contribution >= 4 is 33.5 Å². The zero-order valence-corrected chi connectivity index (χ0v) is 23.8. The largest absolute Gasteiger partial charge is 0.466 e. The Balaban J connectivity index is 1.98. The molecule has 0 aliphatic carbocycles. The Morgan fingerprint density at radius 1 is 1.00 bits per heavy atom. The quantitative estimate of drug-likeness (QED) is 0.120. The van der Waals surface area contributed by atoms with Crippen LogP contribution in [0.25, 0.3) is 0 Å². The van der Waals surface area contributed by atoms with E-state index in [1.807, 2.05) is 32.9 Å². The topological polar surface area (TPSA) is 155 Å². The summed E-state index contributed by atoms with van der Waals surface area (Å²) in [7, 11) is -4.18. The molecule has 5 N–H and O–H groups in total. The van der Waals surface area contributed by atoms with Gasteiger partial charge in [-0.25, -0.2) is 0 Å². The molecule has 0 aliphatic rings. The summed E-state index contributed by atoms with van der Waals surface area (Å²) in [6.07, 6.45) is -0.0577. The smallest absolute Gasteiger partial charge is 0.308 e. The number of sulfonamides is 1. The third-order valence-corrected chi connectivity index (χ3v) is 7.85. The summed E-state index contributed by atoms with van der Waals surface area (Å²) in [4.78, 5) is 25.7. The Bertz CT molecular complexity index is 1470. The lowest BCUT2D eigenvalue weighted by atomic mass is 9.96. The predicted octanol–water partition coefficient (Wildman–Crippen LogP) is 3.56. The van der Waals surface area contributed by atoms with Gasteiger partial charge in [-0.2, -0.15) is 12.8 Å². The van der Waals surface area contributed by atoms with E-state index >= 15 is 0 Å². The molecule has 3 aromatic rings. The zero-order chi connectivity index (χ0) is 29.4. The summed E-state index contributed by atoms with van der Waals surface area (Å²) in [5.74, 6) is -1.41. The second-order valence-corrected chi connectivity index (χ2v) is 11.2. The molecule has 212 valence electrons. The van der Waals surface area contributed by atoms with Gasteiger partial charge in [-0.15, -0.1) is 0 Å². The Kier molecular flexibility index (Phi) is 9.89. The van der Waals surface area contributed by atoms with Gasteiger partial charge >= 0.3 is 5.97 Å². The number of guanidine groups is 1. The molecule has 1 atom stereocenters. The molecule has 0 heterocycles. The summed E-state index contributed by atoms with van der Waals surface area (Å²) in [5.41, 5.74) is 12.5. The SMILES string of the molecule is CCOC(=O)CC(NC(=O)Cc1c(C)cc(C)cc1C)c1cccc(N(NC(=N)N)S(=O)(=O)c2ccccc2)c1. The lowest BCUT2D eigenvalue weighted by Crippen LogP contribution is -2.49. The molecule has 0 radical (unpaired) electrons. The Hall–Kier alpha value is -4.38. The van der Waals surface area contributed by atoms with Crippen LogP contribution in [-0.2, 0) is 30.8 Å². The highest BCUT2D eigenvalue weighted by Crippen LogP contribution is 2.27. The molecule has 1 amide bonds. The zero-order valence-electron chi connectivity index (χ0n) is 23.0.